The van der Waals surface area contributed by atoms with Crippen LogP contribution in [0.15, 0.2) is 28.7 Å². The SMILES string of the molecule is COc1ccc(C)cc1CC(=O)N(C)Cc1cc(C(=O)O)c(C)o1. The van der Waals surface area contributed by atoms with Gasteiger partial charge in [-0.1, -0.05) is 17.7 Å². The maximum atomic E-state index is 12.4. The standard InChI is InChI=1S/C18H21NO5/c1-11-5-6-16(23-4)13(7-11)8-17(20)19(3)10-14-9-15(18(21)22)12(2)24-14/h5-7,9H,8,10H2,1-4H3,(H,21,22). The summed E-state index contributed by atoms with van der Waals surface area (Å²) in [6, 6.07) is 7.14. The molecule has 128 valence electrons. The lowest BCUT2D eigenvalue weighted by Gasteiger charge is -2.17. The van der Waals surface area contributed by atoms with Crippen molar-refractivity contribution in [2.24, 2.45) is 0 Å². The first-order valence-corrected chi connectivity index (χ1v) is 7.52. The summed E-state index contributed by atoms with van der Waals surface area (Å²) in [6.07, 6.45) is 0.201. The van der Waals surface area contributed by atoms with E-state index < -0.39 is 5.97 Å². The van der Waals surface area contributed by atoms with E-state index >= 15 is 0 Å². The zero-order valence-electron chi connectivity index (χ0n) is 14.3. The van der Waals surface area contributed by atoms with Crippen LogP contribution in [0.5, 0.6) is 5.75 Å². The van der Waals surface area contributed by atoms with E-state index in [1.165, 1.54) is 11.0 Å². The summed E-state index contributed by atoms with van der Waals surface area (Å²) in [5.41, 5.74) is 1.98. The van der Waals surface area contributed by atoms with Gasteiger partial charge in [-0.3, -0.25) is 4.79 Å². The molecule has 24 heavy (non-hydrogen) atoms. The number of methoxy groups -OCH3 is 1. The van der Waals surface area contributed by atoms with Crippen molar-refractivity contribution in [1.29, 1.82) is 0 Å². The quantitative estimate of drug-likeness (QED) is 0.880. The van der Waals surface area contributed by atoms with Crippen LogP contribution in [0.25, 0.3) is 0 Å². The zero-order chi connectivity index (χ0) is 17.9. The van der Waals surface area contributed by atoms with Crippen LogP contribution in [-0.4, -0.2) is 36.0 Å². The normalized spacial score (nSPS) is 10.5. The van der Waals surface area contributed by atoms with Crippen molar-refractivity contribution in [3.8, 4) is 5.75 Å². The maximum Gasteiger partial charge on any atom is 0.339 e. The third-order valence-corrected chi connectivity index (χ3v) is 3.80. The average Bonchev–Trinajstić information content (AvgIpc) is 2.88. The van der Waals surface area contributed by atoms with Crippen molar-refractivity contribution >= 4 is 11.9 Å². The molecule has 2 rings (SSSR count). The Morgan fingerprint density at radius 3 is 2.54 bits per heavy atom. The number of carboxylic acid groups (broad SMARTS) is 1. The molecule has 1 aromatic heterocycles. The minimum absolute atomic E-state index is 0.107. The summed E-state index contributed by atoms with van der Waals surface area (Å²) in [7, 11) is 3.23. The van der Waals surface area contributed by atoms with Gasteiger partial charge in [0.15, 0.2) is 0 Å². The van der Waals surface area contributed by atoms with E-state index in [0.29, 0.717) is 17.3 Å². The van der Waals surface area contributed by atoms with Gasteiger partial charge in [-0.05, 0) is 26.0 Å². The molecule has 0 unspecified atom stereocenters. The predicted octanol–water partition coefficient (Wildman–Crippen LogP) is 2.80. The average molecular weight is 331 g/mol. The van der Waals surface area contributed by atoms with Crippen LogP contribution in [0.2, 0.25) is 0 Å². The number of hydrogen-bond donors (Lipinski definition) is 1. The number of carboxylic acids is 1. The third-order valence-electron chi connectivity index (χ3n) is 3.80. The molecular formula is C18H21NO5. The van der Waals surface area contributed by atoms with E-state index in [-0.39, 0.29) is 24.4 Å². The van der Waals surface area contributed by atoms with E-state index in [0.717, 1.165) is 11.1 Å². The summed E-state index contributed by atoms with van der Waals surface area (Å²) < 4.78 is 10.7. The van der Waals surface area contributed by atoms with E-state index in [2.05, 4.69) is 0 Å². The number of aryl methyl sites for hydroxylation is 2. The lowest BCUT2D eigenvalue weighted by atomic mass is 10.1. The minimum Gasteiger partial charge on any atom is -0.496 e. The van der Waals surface area contributed by atoms with Crippen LogP contribution in [0.3, 0.4) is 0 Å². The highest BCUT2D eigenvalue weighted by atomic mass is 16.5. The molecule has 0 atom stereocenters. The molecule has 1 N–H and O–H groups in total. The summed E-state index contributed by atoms with van der Waals surface area (Å²) in [5, 5.41) is 9.05. The first-order valence-electron chi connectivity index (χ1n) is 7.52. The summed E-state index contributed by atoms with van der Waals surface area (Å²) in [5.74, 6) is 0.297. The number of nitrogens with zero attached hydrogens (tertiary/aromatic N) is 1. The van der Waals surface area contributed by atoms with Crippen LogP contribution in [0.4, 0.5) is 0 Å². The number of ether oxygens (including phenoxy) is 1. The van der Waals surface area contributed by atoms with Gasteiger partial charge < -0.3 is 19.2 Å². The molecule has 0 bridgehead atoms. The second kappa shape index (κ2) is 7.21. The lowest BCUT2D eigenvalue weighted by molar-refractivity contribution is -0.129. The van der Waals surface area contributed by atoms with Crippen molar-refractivity contribution < 1.29 is 23.8 Å². The molecule has 0 spiro atoms. The number of hydrogen-bond acceptors (Lipinski definition) is 4. The lowest BCUT2D eigenvalue weighted by Crippen LogP contribution is -2.27. The molecule has 6 heteroatoms. The van der Waals surface area contributed by atoms with Crippen molar-refractivity contribution in [3.63, 3.8) is 0 Å². The molecule has 0 saturated heterocycles. The molecule has 0 aliphatic heterocycles. The van der Waals surface area contributed by atoms with E-state index in [9.17, 15) is 9.59 Å². The number of carbonyl (C=O) groups excluding carboxylic acids is 1. The van der Waals surface area contributed by atoms with Gasteiger partial charge in [-0.25, -0.2) is 4.79 Å². The number of aromatic carboxylic acids is 1. The zero-order valence-corrected chi connectivity index (χ0v) is 14.3. The van der Waals surface area contributed by atoms with Gasteiger partial charge in [0, 0.05) is 12.6 Å². The van der Waals surface area contributed by atoms with Gasteiger partial charge in [0.2, 0.25) is 5.91 Å². The van der Waals surface area contributed by atoms with Gasteiger partial charge in [-0.2, -0.15) is 0 Å². The highest BCUT2D eigenvalue weighted by molar-refractivity contribution is 5.88. The van der Waals surface area contributed by atoms with Crippen molar-refractivity contribution in [2.45, 2.75) is 26.8 Å². The molecule has 0 aliphatic carbocycles. The van der Waals surface area contributed by atoms with Gasteiger partial charge in [-0.15, -0.1) is 0 Å². The van der Waals surface area contributed by atoms with Gasteiger partial charge >= 0.3 is 5.97 Å². The highest BCUT2D eigenvalue weighted by Gasteiger charge is 2.18. The van der Waals surface area contributed by atoms with Crippen LogP contribution in [0, 0.1) is 13.8 Å². The second-order valence-electron chi connectivity index (χ2n) is 5.73. The summed E-state index contributed by atoms with van der Waals surface area (Å²) in [6.45, 7) is 3.75. The van der Waals surface area contributed by atoms with Crippen LogP contribution in [0.1, 0.15) is 33.0 Å². The molecule has 2 aromatic rings. The minimum atomic E-state index is -1.04. The fourth-order valence-corrected chi connectivity index (χ4v) is 2.50. The van der Waals surface area contributed by atoms with E-state index in [1.807, 2.05) is 25.1 Å². The molecule has 6 nitrogen and oxygen atoms in total. The van der Waals surface area contributed by atoms with Crippen molar-refractivity contribution in [1.82, 2.24) is 4.90 Å². The number of likely N-dealkylation sites (N-methyl/N-ethyl adjacent to an activating group) is 1. The van der Waals surface area contributed by atoms with E-state index in [4.69, 9.17) is 14.3 Å². The number of carbonyl (C=O) groups is 2. The van der Waals surface area contributed by atoms with Gasteiger partial charge in [0.1, 0.15) is 22.8 Å². The Morgan fingerprint density at radius 1 is 1.25 bits per heavy atom. The first kappa shape index (κ1) is 17.6. The smallest absolute Gasteiger partial charge is 0.339 e. The molecule has 1 heterocycles. The number of amides is 1. The Morgan fingerprint density at radius 2 is 1.96 bits per heavy atom. The monoisotopic (exact) mass is 331 g/mol. The van der Waals surface area contributed by atoms with Gasteiger partial charge in [0.25, 0.3) is 0 Å². The van der Waals surface area contributed by atoms with Crippen molar-refractivity contribution in [2.75, 3.05) is 14.2 Å². The largest absolute Gasteiger partial charge is 0.496 e. The first-order chi connectivity index (χ1) is 11.3. The topological polar surface area (TPSA) is 80.0 Å². The molecular weight excluding hydrogens is 310 g/mol. The predicted molar refractivity (Wildman–Crippen MR) is 88.3 cm³/mol. The molecule has 1 aromatic carbocycles. The Labute approximate surface area is 140 Å². The summed E-state index contributed by atoms with van der Waals surface area (Å²) >= 11 is 0. The number of furan rings is 1. The molecule has 1 amide bonds. The summed E-state index contributed by atoms with van der Waals surface area (Å²) in [4.78, 5) is 25.0. The molecule has 0 saturated carbocycles. The Balaban J connectivity index is 2.09. The Bertz CT molecular complexity index is 763. The Hall–Kier alpha value is -2.76. The third kappa shape index (κ3) is 3.95. The van der Waals surface area contributed by atoms with Gasteiger partial charge in [0.05, 0.1) is 20.1 Å². The van der Waals surface area contributed by atoms with Crippen LogP contribution < -0.4 is 4.74 Å². The van der Waals surface area contributed by atoms with E-state index in [1.54, 1.807) is 21.1 Å². The molecule has 0 radical (unpaired) electrons. The second-order valence-corrected chi connectivity index (χ2v) is 5.73. The fraction of sp³-hybridized carbons (Fsp3) is 0.333. The molecule has 0 aliphatic rings. The Kier molecular flexibility index (Phi) is 5.28. The van der Waals surface area contributed by atoms with Crippen LogP contribution >= 0.6 is 0 Å². The highest BCUT2D eigenvalue weighted by Crippen LogP contribution is 2.21. The fourth-order valence-electron chi connectivity index (χ4n) is 2.50. The van der Waals surface area contributed by atoms with Crippen molar-refractivity contribution in [3.05, 3.63) is 52.5 Å². The molecule has 0 fully saturated rings. The number of rotatable bonds is 6. The number of benzene rings is 1. The van der Waals surface area contributed by atoms with Crippen LogP contribution in [-0.2, 0) is 17.8 Å². The maximum absolute atomic E-state index is 12.4.